The molecule has 0 aromatic carbocycles. The lowest BCUT2D eigenvalue weighted by molar-refractivity contribution is 0.0161. The molecule has 2 atom stereocenters. The van der Waals surface area contributed by atoms with Gasteiger partial charge in [-0.2, -0.15) is 0 Å². The van der Waals surface area contributed by atoms with Crippen molar-refractivity contribution >= 4 is 0 Å². The fraction of sp³-hybridized carbons (Fsp3) is 0.600. The van der Waals surface area contributed by atoms with Crippen LogP contribution in [-0.2, 0) is 4.74 Å². The molecule has 0 radical (unpaired) electrons. The van der Waals surface area contributed by atoms with E-state index in [1.54, 1.807) is 12.3 Å². The summed E-state index contributed by atoms with van der Waals surface area (Å²) in [6.45, 7) is 1.55. The Morgan fingerprint density at radius 3 is 3.07 bits per heavy atom. The van der Waals surface area contributed by atoms with Gasteiger partial charge in [0.25, 0.3) is 0 Å². The number of hydrogen-bond donors (Lipinski definition) is 2. The highest BCUT2D eigenvalue weighted by atomic mass is 16.5. The molecule has 1 aromatic rings. The summed E-state index contributed by atoms with van der Waals surface area (Å²) in [7, 11) is 0. The van der Waals surface area contributed by atoms with Crippen LogP contribution in [0.15, 0.2) is 18.6 Å². The quantitative estimate of drug-likeness (QED) is 0.725. The van der Waals surface area contributed by atoms with E-state index in [4.69, 9.17) is 10.5 Å². The van der Waals surface area contributed by atoms with Gasteiger partial charge in [-0.15, -0.1) is 0 Å². The fourth-order valence-electron chi connectivity index (χ4n) is 1.89. The molecular weight excluding hydrogens is 194 g/mol. The highest BCUT2D eigenvalue weighted by Crippen LogP contribution is 2.39. The average molecular weight is 209 g/mol. The van der Waals surface area contributed by atoms with Gasteiger partial charge in [-0.3, -0.25) is 0 Å². The van der Waals surface area contributed by atoms with E-state index in [0.717, 1.165) is 6.42 Å². The first-order valence-electron chi connectivity index (χ1n) is 5.00. The fourth-order valence-corrected chi connectivity index (χ4v) is 1.89. The maximum Gasteiger partial charge on any atom is 0.115 e. The molecule has 3 N–H and O–H groups in total. The highest BCUT2D eigenvalue weighted by molar-refractivity contribution is 5.08. The van der Waals surface area contributed by atoms with Crippen LogP contribution < -0.4 is 5.73 Å². The van der Waals surface area contributed by atoms with Gasteiger partial charge in [0.05, 0.1) is 12.3 Å². The number of nitrogens with two attached hydrogens (primary N) is 1. The molecule has 1 saturated heterocycles. The maximum atomic E-state index is 10.2. The van der Waals surface area contributed by atoms with Gasteiger partial charge in [-0.25, -0.2) is 9.97 Å². The SMILES string of the molecule is NCC1(C(O)c2ccncn2)CCOC1. The summed E-state index contributed by atoms with van der Waals surface area (Å²) < 4.78 is 5.31. The summed E-state index contributed by atoms with van der Waals surface area (Å²) in [5.41, 5.74) is 5.96. The number of nitrogens with zero attached hydrogens (tertiary/aromatic N) is 2. The Morgan fingerprint density at radius 2 is 2.53 bits per heavy atom. The van der Waals surface area contributed by atoms with Crippen molar-refractivity contribution in [3.8, 4) is 0 Å². The Balaban J connectivity index is 2.22. The van der Waals surface area contributed by atoms with Crippen LogP contribution >= 0.6 is 0 Å². The minimum Gasteiger partial charge on any atom is -0.386 e. The van der Waals surface area contributed by atoms with Crippen LogP contribution in [0.25, 0.3) is 0 Å². The largest absolute Gasteiger partial charge is 0.386 e. The van der Waals surface area contributed by atoms with E-state index in [1.807, 2.05) is 0 Å². The Bertz CT molecular complexity index is 312. The molecule has 5 nitrogen and oxygen atoms in total. The molecule has 0 saturated carbocycles. The number of hydrogen-bond acceptors (Lipinski definition) is 5. The van der Waals surface area contributed by atoms with Gasteiger partial charge in [0.15, 0.2) is 0 Å². The zero-order valence-electron chi connectivity index (χ0n) is 8.47. The molecule has 1 aliphatic heterocycles. The highest BCUT2D eigenvalue weighted by Gasteiger charge is 2.41. The summed E-state index contributed by atoms with van der Waals surface area (Å²) in [6, 6.07) is 1.71. The van der Waals surface area contributed by atoms with E-state index < -0.39 is 6.10 Å². The predicted molar refractivity (Wildman–Crippen MR) is 53.9 cm³/mol. The molecule has 2 rings (SSSR count). The van der Waals surface area contributed by atoms with Crippen LogP contribution in [0.2, 0.25) is 0 Å². The van der Waals surface area contributed by atoms with Crippen LogP contribution in [0.5, 0.6) is 0 Å². The molecular formula is C10H15N3O2. The van der Waals surface area contributed by atoms with E-state index in [1.165, 1.54) is 6.33 Å². The van der Waals surface area contributed by atoms with Crippen LogP contribution in [0.1, 0.15) is 18.2 Å². The van der Waals surface area contributed by atoms with Gasteiger partial charge >= 0.3 is 0 Å². The minimum atomic E-state index is -0.673. The molecule has 2 unspecified atom stereocenters. The van der Waals surface area contributed by atoms with E-state index >= 15 is 0 Å². The first-order valence-corrected chi connectivity index (χ1v) is 5.00. The number of rotatable bonds is 3. The molecule has 0 spiro atoms. The van der Waals surface area contributed by atoms with E-state index in [9.17, 15) is 5.11 Å². The van der Waals surface area contributed by atoms with Gasteiger partial charge in [0, 0.05) is 24.8 Å². The Labute approximate surface area is 88.3 Å². The zero-order chi connectivity index (χ0) is 10.7. The van der Waals surface area contributed by atoms with Crippen molar-refractivity contribution in [1.29, 1.82) is 0 Å². The van der Waals surface area contributed by atoms with Gasteiger partial charge in [0.2, 0.25) is 0 Å². The standard InChI is InChI=1S/C10H15N3O2/c11-5-10(2-4-15-6-10)9(14)8-1-3-12-7-13-8/h1,3,7,9,14H,2,4-6,11H2. The van der Waals surface area contributed by atoms with Crippen molar-refractivity contribution in [3.63, 3.8) is 0 Å². The van der Waals surface area contributed by atoms with Gasteiger partial charge in [-0.1, -0.05) is 0 Å². The second-order valence-corrected chi connectivity index (χ2v) is 3.91. The number of aromatic nitrogens is 2. The molecule has 2 heterocycles. The lowest BCUT2D eigenvalue weighted by Crippen LogP contribution is -2.37. The van der Waals surface area contributed by atoms with Gasteiger partial charge < -0.3 is 15.6 Å². The van der Waals surface area contributed by atoms with Crippen LogP contribution in [0, 0.1) is 5.41 Å². The Hall–Kier alpha value is -1.04. The second kappa shape index (κ2) is 4.22. The number of aliphatic hydroxyl groups is 1. The van der Waals surface area contributed by atoms with Crippen molar-refractivity contribution in [3.05, 3.63) is 24.3 Å². The molecule has 82 valence electrons. The second-order valence-electron chi connectivity index (χ2n) is 3.91. The normalized spacial score (nSPS) is 27.9. The summed E-state index contributed by atoms with van der Waals surface area (Å²) in [4.78, 5) is 7.86. The third kappa shape index (κ3) is 1.86. The Morgan fingerprint density at radius 1 is 1.67 bits per heavy atom. The minimum absolute atomic E-state index is 0.381. The van der Waals surface area contributed by atoms with Crippen molar-refractivity contribution in [2.24, 2.45) is 11.1 Å². The van der Waals surface area contributed by atoms with Crippen molar-refractivity contribution < 1.29 is 9.84 Å². The molecule has 1 aliphatic rings. The molecule has 5 heteroatoms. The summed E-state index contributed by atoms with van der Waals surface area (Å²) in [5, 5.41) is 10.2. The topological polar surface area (TPSA) is 81.3 Å². The van der Waals surface area contributed by atoms with Crippen LogP contribution in [0.3, 0.4) is 0 Å². The zero-order valence-corrected chi connectivity index (χ0v) is 8.47. The van der Waals surface area contributed by atoms with Crippen molar-refractivity contribution in [2.45, 2.75) is 12.5 Å². The Kier molecular flexibility index (Phi) is 2.95. The lowest BCUT2D eigenvalue weighted by Gasteiger charge is -2.30. The number of ether oxygens (including phenoxy) is 1. The van der Waals surface area contributed by atoms with Crippen molar-refractivity contribution in [2.75, 3.05) is 19.8 Å². The predicted octanol–water partition coefficient (Wildman–Crippen LogP) is -0.125. The summed E-state index contributed by atoms with van der Waals surface area (Å²) >= 11 is 0. The first kappa shape index (κ1) is 10.5. The van der Waals surface area contributed by atoms with Gasteiger partial charge in [-0.05, 0) is 12.5 Å². The van der Waals surface area contributed by atoms with E-state index in [0.29, 0.717) is 25.5 Å². The average Bonchev–Trinajstić information content (AvgIpc) is 2.79. The lowest BCUT2D eigenvalue weighted by atomic mass is 9.80. The monoisotopic (exact) mass is 209 g/mol. The first-order chi connectivity index (χ1) is 7.28. The van der Waals surface area contributed by atoms with E-state index in [2.05, 4.69) is 9.97 Å². The third-order valence-corrected chi connectivity index (χ3v) is 3.01. The molecule has 0 amide bonds. The molecule has 1 aromatic heterocycles. The smallest absolute Gasteiger partial charge is 0.115 e. The molecule has 0 aliphatic carbocycles. The molecule has 1 fully saturated rings. The summed E-state index contributed by atoms with van der Waals surface area (Å²) in [6.07, 6.45) is 3.15. The number of aliphatic hydroxyl groups excluding tert-OH is 1. The van der Waals surface area contributed by atoms with Crippen LogP contribution in [-0.4, -0.2) is 34.8 Å². The van der Waals surface area contributed by atoms with Gasteiger partial charge in [0.1, 0.15) is 12.4 Å². The van der Waals surface area contributed by atoms with Crippen molar-refractivity contribution in [1.82, 2.24) is 9.97 Å². The molecule has 0 bridgehead atoms. The van der Waals surface area contributed by atoms with Crippen LogP contribution in [0.4, 0.5) is 0 Å². The summed E-state index contributed by atoms with van der Waals surface area (Å²) in [5.74, 6) is 0. The molecule has 15 heavy (non-hydrogen) atoms. The third-order valence-electron chi connectivity index (χ3n) is 3.01. The maximum absolute atomic E-state index is 10.2. The van der Waals surface area contributed by atoms with E-state index in [-0.39, 0.29) is 5.41 Å².